The van der Waals surface area contributed by atoms with E-state index in [9.17, 15) is 14.7 Å². The molecule has 0 atom stereocenters. The summed E-state index contributed by atoms with van der Waals surface area (Å²) in [5, 5.41) is 12.5. The number of aromatic nitrogens is 3. The Morgan fingerprint density at radius 2 is 1.20 bits per heavy atom. The average Bonchev–Trinajstić information content (AvgIpc) is 3.83. The van der Waals surface area contributed by atoms with Gasteiger partial charge in [-0.1, -0.05) is 190 Å². The molecule has 0 unspecified atom stereocenters. The van der Waals surface area contributed by atoms with Gasteiger partial charge in [0.05, 0.1) is 22.3 Å². The molecule has 0 radical (unpaired) electrons. The van der Waals surface area contributed by atoms with E-state index in [1.165, 1.54) is 0 Å². The first-order chi connectivity index (χ1) is 35.4. The van der Waals surface area contributed by atoms with Crippen molar-refractivity contribution in [3.05, 3.63) is 191 Å². The summed E-state index contributed by atoms with van der Waals surface area (Å²) in [5.41, 5.74) is 12.9. The van der Waals surface area contributed by atoms with Gasteiger partial charge >= 0.3 is 0 Å². The van der Waals surface area contributed by atoms with Crippen molar-refractivity contribution in [2.75, 3.05) is 0 Å². The van der Waals surface area contributed by atoms with E-state index in [2.05, 4.69) is 81.4 Å². The molecule has 0 aliphatic carbocycles. The first kappa shape index (κ1) is 41.4. The number of fused-ring (bicyclic) bond motifs is 1. The molecule has 0 spiro atoms. The summed E-state index contributed by atoms with van der Waals surface area (Å²) in [6.07, 6.45) is 1.82. The summed E-state index contributed by atoms with van der Waals surface area (Å²) in [7, 11) is 0. The quantitative estimate of drug-likeness (QED) is 0.131. The molecule has 70 heavy (non-hydrogen) atoms. The van der Waals surface area contributed by atoms with Gasteiger partial charge in [-0.2, -0.15) is 0 Å². The van der Waals surface area contributed by atoms with E-state index in [1.54, 1.807) is 84.2 Å². The molecule has 2 heterocycles. The summed E-state index contributed by atoms with van der Waals surface area (Å²) in [6, 6.07) is 50.9. The molecule has 9 aromatic rings. The maximum Gasteiger partial charge on any atom is 0.148 e. The van der Waals surface area contributed by atoms with Crippen LogP contribution in [0.5, 0.6) is 5.75 Å². The SMILES string of the molecule is [2H]C([2H])([2H])c1cc(-c2c(C([2H])(C)C)cccc2C([2H])(C)C)ccc1-n1c(-c2cc(C([2H])(C)C)cc(C([2H])(C)C)c2O)nc2c(-c3[c-]c(-c4cc(-c5ccc(-c6ccccc6)cc5)ccn4)cc(C(C)(C)C)c3)cccc21.[Pt]. The van der Waals surface area contributed by atoms with E-state index in [0.717, 1.165) is 44.6 Å². The Kier molecular flexibility index (Phi) is 11.9. The van der Waals surface area contributed by atoms with Crippen LogP contribution in [-0.4, -0.2) is 19.6 Å². The Hall–Kier alpha value is -6.35. The van der Waals surface area contributed by atoms with Crippen LogP contribution in [0.15, 0.2) is 152 Å². The van der Waals surface area contributed by atoms with Crippen molar-refractivity contribution < 1.29 is 35.8 Å². The number of imidazole rings is 1. The molecule has 0 amide bonds. The number of rotatable bonds is 11. The van der Waals surface area contributed by atoms with E-state index >= 15 is 0 Å². The van der Waals surface area contributed by atoms with E-state index in [4.69, 9.17) is 9.97 Å². The summed E-state index contributed by atoms with van der Waals surface area (Å²) >= 11 is 0. The second-order valence-electron chi connectivity index (χ2n) is 20.1. The van der Waals surface area contributed by atoms with Crippen LogP contribution in [0.2, 0.25) is 0 Å². The van der Waals surface area contributed by atoms with Crippen LogP contribution in [0, 0.1) is 12.9 Å². The second kappa shape index (κ2) is 20.2. The predicted molar refractivity (Wildman–Crippen MR) is 292 cm³/mol. The van der Waals surface area contributed by atoms with E-state index in [-0.39, 0.29) is 54.9 Å². The topological polar surface area (TPSA) is 50.9 Å². The van der Waals surface area contributed by atoms with Crippen LogP contribution in [-0.2, 0) is 26.5 Å². The van der Waals surface area contributed by atoms with Gasteiger partial charge in [-0.05, 0) is 127 Å². The fraction of sp³-hybridized carbons (Fsp3) is 0.262. The molecule has 0 bridgehead atoms. The van der Waals surface area contributed by atoms with Gasteiger partial charge in [0.25, 0.3) is 0 Å². The molecular formula is C65H66N3OPt-. The van der Waals surface area contributed by atoms with Crippen molar-refractivity contribution in [1.29, 1.82) is 0 Å². The summed E-state index contributed by atoms with van der Waals surface area (Å²) in [6.45, 7) is 17.8. The fourth-order valence-corrected chi connectivity index (χ4v) is 9.33. The number of nitrogens with zero attached hydrogens (tertiary/aromatic N) is 3. The van der Waals surface area contributed by atoms with Gasteiger partial charge in [0.15, 0.2) is 0 Å². The van der Waals surface area contributed by atoms with Crippen LogP contribution in [0.1, 0.15) is 143 Å². The Balaban J connectivity index is 0.00000784. The van der Waals surface area contributed by atoms with Crippen molar-refractivity contribution in [1.82, 2.24) is 14.5 Å². The van der Waals surface area contributed by atoms with Crippen molar-refractivity contribution >= 4 is 11.0 Å². The third kappa shape index (κ3) is 9.73. The van der Waals surface area contributed by atoms with E-state index < -0.39 is 30.4 Å². The van der Waals surface area contributed by atoms with Crippen molar-refractivity contribution in [3.8, 4) is 78.6 Å². The van der Waals surface area contributed by atoms with Crippen LogP contribution < -0.4 is 0 Å². The molecule has 7 aromatic carbocycles. The van der Waals surface area contributed by atoms with Crippen molar-refractivity contribution in [2.45, 2.75) is 112 Å². The van der Waals surface area contributed by atoms with Crippen LogP contribution in [0.3, 0.4) is 0 Å². The van der Waals surface area contributed by atoms with E-state index in [1.807, 2.05) is 72.9 Å². The molecule has 2 aromatic heterocycles. The molecule has 0 aliphatic rings. The summed E-state index contributed by atoms with van der Waals surface area (Å²) in [4.78, 5) is 10.3. The number of para-hydroxylation sites is 1. The standard InChI is InChI=1S/C65H66N3O.Pt/c1-39(2)49-36-56(42(7)8)63(69)57(37-49)64-67-62-55(22-17-23-60(62)68(64)59-29-28-48(32-43(59)9)61-53(40(3)4)20-16-21-54(61)41(5)6)50-33-51(35-52(34-50)65(10,11)12)58-38-47(30-31-66-58)46-26-24-45(25-27-46)44-18-14-13-15-19-44;/h13-32,34-42,69H,1-12H3;/q-1;/i9D3,39D,40D,41D,42D;. The Morgan fingerprint density at radius 3 is 1.83 bits per heavy atom. The van der Waals surface area contributed by atoms with Crippen LogP contribution in [0.25, 0.3) is 83.9 Å². The number of phenols is 1. The van der Waals surface area contributed by atoms with Gasteiger partial charge in [-0.25, -0.2) is 4.98 Å². The minimum Gasteiger partial charge on any atom is -0.507 e. The van der Waals surface area contributed by atoms with Gasteiger partial charge in [0.1, 0.15) is 11.6 Å². The molecule has 0 aliphatic heterocycles. The number of pyridine rings is 1. The molecule has 5 heteroatoms. The van der Waals surface area contributed by atoms with Gasteiger partial charge in [0.2, 0.25) is 0 Å². The van der Waals surface area contributed by atoms with Crippen LogP contribution >= 0.6 is 0 Å². The average molecular weight is 1110 g/mol. The van der Waals surface area contributed by atoms with Gasteiger partial charge in [-0.3, -0.25) is 9.55 Å². The smallest absolute Gasteiger partial charge is 0.148 e. The molecular weight excluding hydrogens is 1030 g/mol. The maximum atomic E-state index is 12.5. The number of benzene rings is 7. The van der Waals surface area contributed by atoms with Crippen molar-refractivity contribution in [2.24, 2.45) is 0 Å². The number of hydrogen-bond donors (Lipinski definition) is 1. The van der Waals surface area contributed by atoms with Crippen LogP contribution in [0.4, 0.5) is 0 Å². The number of phenolic OH excluding ortho intramolecular Hbond substituents is 1. The summed E-state index contributed by atoms with van der Waals surface area (Å²) in [5.74, 6) is -4.62. The summed E-state index contributed by atoms with van der Waals surface area (Å²) < 4.78 is 66.1. The first-order valence-corrected chi connectivity index (χ1v) is 23.8. The third-order valence-corrected chi connectivity index (χ3v) is 13.2. The number of aromatic hydroxyl groups is 1. The number of hydrogen-bond acceptors (Lipinski definition) is 3. The van der Waals surface area contributed by atoms with Gasteiger partial charge < -0.3 is 5.11 Å². The zero-order valence-corrected chi connectivity index (χ0v) is 44.3. The minimum absolute atomic E-state index is 0. The van der Waals surface area contributed by atoms with Gasteiger partial charge in [-0.15, -0.1) is 29.3 Å². The molecule has 358 valence electrons. The maximum absolute atomic E-state index is 12.5. The van der Waals surface area contributed by atoms with E-state index in [0.29, 0.717) is 50.0 Å². The molecule has 0 fully saturated rings. The largest absolute Gasteiger partial charge is 0.507 e. The Bertz CT molecular complexity index is 3630. The number of aryl methyl sites for hydroxylation is 1. The normalized spacial score (nSPS) is 14.1. The van der Waals surface area contributed by atoms with Gasteiger partial charge in [0, 0.05) is 42.6 Å². The predicted octanol–water partition coefficient (Wildman–Crippen LogP) is 18.0. The minimum atomic E-state index is -2.70. The zero-order valence-electron chi connectivity index (χ0n) is 49.0. The zero-order chi connectivity index (χ0) is 55.1. The Labute approximate surface area is 441 Å². The second-order valence-corrected chi connectivity index (χ2v) is 20.1. The van der Waals surface area contributed by atoms with Crippen molar-refractivity contribution in [3.63, 3.8) is 0 Å². The monoisotopic (exact) mass is 1110 g/mol. The Morgan fingerprint density at radius 1 is 0.586 bits per heavy atom. The molecule has 9 rings (SSSR count). The third-order valence-electron chi connectivity index (χ3n) is 13.2. The molecule has 4 nitrogen and oxygen atoms in total. The fourth-order valence-electron chi connectivity index (χ4n) is 9.33. The first-order valence-electron chi connectivity index (χ1n) is 27.3. The molecule has 0 saturated heterocycles. The molecule has 0 saturated carbocycles. The molecule has 1 N–H and O–H groups in total.